The first-order chi connectivity index (χ1) is 6.98. The van der Waals surface area contributed by atoms with Gasteiger partial charge >= 0.3 is 0 Å². The summed E-state index contributed by atoms with van der Waals surface area (Å²) in [5, 5.41) is 0.918. The molecule has 0 N–H and O–H groups in total. The average molecular weight is 222 g/mol. The summed E-state index contributed by atoms with van der Waals surface area (Å²) in [6.07, 6.45) is 5.84. The molecule has 0 unspecified atom stereocenters. The monoisotopic (exact) mass is 221 g/mol. The third-order valence-electron chi connectivity index (χ3n) is 2.80. The number of aromatic nitrogens is 1. The van der Waals surface area contributed by atoms with Gasteiger partial charge in [-0.2, -0.15) is 0 Å². The van der Waals surface area contributed by atoms with Crippen molar-refractivity contribution < 1.29 is 0 Å². The van der Waals surface area contributed by atoms with Crippen molar-refractivity contribution in [3.8, 4) is 0 Å². The fourth-order valence-corrected chi connectivity index (χ4v) is 2.26. The van der Waals surface area contributed by atoms with Gasteiger partial charge in [0.2, 0.25) is 0 Å². The summed E-state index contributed by atoms with van der Waals surface area (Å²) >= 11 is 6.03. The van der Waals surface area contributed by atoms with E-state index in [0.29, 0.717) is 0 Å². The van der Waals surface area contributed by atoms with Gasteiger partial charge in [-0.3, -0.25) is 4.98 Å². The van der Waals surface area contributed by atoms with E-state index in [1.807, 2.05) is 12.3 Å². The van der Waals surface area contributed by atoms with Gasteiger partial charge in [-0.05, 0) is 41.5 Å². The number of hydrogen-bond donors (Lipinski definition) is 0. The van der Waals surface area contributed by atoms with E-state index in [4.69, 9.17) is 11.6 Å². The van der Waals surface area contributed by atoms with Crippen LogP contribution < -0.4 is 0 Å². The summed E-state index contributed by atoms with van der Waals surface area (Å²) in [6, 6.07) is 2.13. The molecule has 1 heterocycles. The van der Waals surface area contributed by atoms with Crippen molar-refractivity contribution in [3.05, 3.63) is 34.1 Å². The quantitative estimate of drug-likeness (QED) is 0.648. The number of hydrogen-bond acceptors (Lipinski definition) is 1. The molecule has 2 heteroatoms. The summed E-state index contributed by atoms with van der Waals surface area (Å²) in [4.78, 5) is 4.38. The van der Waals surface area contributed by atoms with Gasteiger partial charge in [0.15, 0.2) is 0 Å². The first-order valence-corrected chi connectivity index (χ1v) is 5.71. The molecule has 0 aromatic carbocycles. The molecule has 0 fully saturated rings. The first-order valence-electron chi connectivity index (χ1n) is 5.33. The number of nitrogens with zero attached hydrogens (tertiary/aromatic N) is 1. The average Bonchev–Trinajstić information content (AvgIpc) is 2.15. The molecule has 1 aliphatic carbocycles. The fraction of sp³-hybridized carbons (Fsp3) is 0.462. The smallest absolute Gasteiger partial charge is 0.0676 e. The molecule has 1 aromatic rings. The van der Waals surface area contributed by atoms with Gasteiger partial charge in [-0.25, -0.2) is 0 Å². The molecule has 0 atom stereocenters. The van der Waals surface area contributed by atoms with Gasteiger partial charge in [0, 0.05) is 11.2 Å². The van der Waals surface area contributed by atoms with E-state index >= 15 is 0 Å². The lowest BCUT2D eigenvalue weighted by molar-refractivity contribution is 0.579. The van der Waals surface area contributed by atoms with Crippen molar-refractivity contribution in [1.82, 2.24) is 4.98 Å². The Balaban J connectivity index is 2.57. The van der Waals surface area contributed by atoms with Gasteiger partial charge in [0.25, 0.3) is 0 Å². The minimum absolute atomic E-state index is 0.185. The van der Waals surface area contributed by atoms with Crippen LogP contribution in [0.3, 0.4) is 0 Å². The van der Waals surface area contributed by atoms with Gasteiger partial charge in [-0.15, -0.1) is 0 Å². The normalized spacial score (nSPS) is 15.9. The van der Waals surface area contributed by atoms with Crippen molar-refractivity contribution in [2.75, 3.05) is 0 Å². The van der Waals surface area contributed by atoms with Crippen LogP contribution in [-0.4, -0.2) is 4.98 Å². The predicted octanol–water partition coefficient (Wildman–Crippen LogP) is 3.91. The molecule has 0 aliphatic heterocycles. The summed E-state index contributed by atoms with van der Waals surface area (Å²) in [5.74, 6) is 0. The summed E-state index contributed by atoms with van der Waals surface area (Å²) in [5.41, 5.74) is 4.01. The van der Waals surface area contributed by atoms with Crippen LogP contribution in [-0.2, 0) is 11.8 Å². The summed E-state index contributed by atoms with van der Waals surface area (Å²) < 4.78 is 0. The van der Waals surface area contributed by atoms with Crippen LogP contribution in [0.4, 0.5) is 0 Å². The molecule has 1 aromatic heterocycles. The van der Waals surface area contributed by atoms with E-state index in [1.165, 1.54) is 11.1 Å². The van der Waals surface area contributed by atoms with E-state index in [1.54, 1.807) is 0 Å². The Morgan fingerprint density at radius 3 is 2.67 bits per heavy atom. The highest BCUT2D eigenvalue weighted by Gasteiger charge is 2.21. The Bertz CT molecular complexity index is 413. The minimum atomic E-state index is 0.185. The molecule has 0 bridgehead atoms. The number of halogens is 1. The Hall–Kier alpha value is -0.820. The van der Waals surface area contributed by atoms with Gasteiger partial charge in [-0.1, -0.05) is 32.4 Å². The van der Waals surface area contributed by atoms with Crippen LogP contribution in [0.25, 0.3) is 6.08 Å². The van der Waals surface area contributed by atoms with Gasteiger partial charge in [0.05, 0.1) is 5.69 Å². The number of rotatable bonds is 0. The van der Waals surface area contributed by atoms with Crippen LogP contribution in [0.5, 0.6) is 0 Å². The van der Waals surface area contributed by atoms with Crippen LogP contribution in [0.2, 0.25) is 0 Å². The van der Waals surface area contributed by atoms with E-state index in [2.05, 4.69) is 31.8 Å². The first kappa shape index (κ1) is 10.7. The van der Waals surface area contributed by atoms with Crippen molar-refractivity contribution in [2.45, 2.75) is 39.0 Å². The van der Waals surface area contributed by atoms with Crippen molar-refractivity contribution in [2.24, 2.45) is 0 Å². The van der Waals surface area contributed by atoms with Crippen LogP contribution in [0.15, 0.2) is 17.3 Å². The molecule has 0 saturated heterocycles. The maximum Gasteiger partial charge on any atom is 0.0676 e. The molecular weight excluding hydrogens is 206 g/mol. The van der Waals surface area contributed by atoms with E-state index in [-0.39, 0.29) is 5.41 Å². The second kappa shape index (κ2) is 3.64. The largest absolute Gasteiger partial charge is 0.257 e. The van der Waals surface area contributed by atoms with Gasteiger partial charge < -0.3 is 0 Å². The predicted molar refractivity (Wildman–Crippen MR) is 65.1 cm³/mol. The molecule has 0 amide bonds. The minimum Gasteiger partial charge on any atom is -0.257 e. The van der Waals surface area contributed by atoms with Crippen molar-refractivity contribution in [1.29, 1.82) is 0 Å². The standard InChI is InChI=1S/C13H16ClN/c1-13(2,3)11-6-7-15-12-8-9(14)4-5-10(11)12/h6-8H,4-5H2,1-3H3. The van der Waals surface area contributed by atoms with Crippen molar-refractivity contribution >= 4 is 17.7 Å². The second-order valence-corrected chi connectivity index (χ2v) is 5.55. The Labute approximate surface area is 96.2 Å². The third kappa shape index (κ3) is 2.07. The Morgan fingerprint density at radius 2 is 2.00 bits per heavy atom. The molecule has 1 aliphatic rings. The maximum atomic E-state index is 6.03. The number of fused-ring (bicyclic) bond motifs is 1. The molecule has 80 valence electrons. The molecule has 0 saturated carbocycles. The zero-order valence-corrected chi connectivity index (χ0v) is 10.2. The van der Waals surface area contributed by atoms with E-state index < -0.39 is 0 Å². The third-order valence-corrected chi connectivity index (χ3v) is 3.10. The van der Waals surface area contributed by atoms with Crippen molar-refractivity contribution in [3.63, 3.8) is 0 Å². The highest BCUT2D eigenvalue weighted by Crippen LogP contribution is 2.32. The number of pyridine rings is 1. The molecule has 1 nitrogen and oxygen atoms in total. The molecular formula is C13H16ClN. The molecule has 0 radical (unpaired) electrons. The summed E-state index contributed by atoms with van der Waals surface area (Å²) in [7, 11) is 0. The van der Waals surface area contributed by atoms with Crippen LogP contribution in [0, 0.1) is 0 Å². The Kier molecular flexibility index (Phi) is 2.59. The van der Waals surface area contributed by atoms with Crippen LogP contribution >= 0.6 is 11.6 Å². The molecule has 2 rings (SSSR count). The lowest BCUT2D eigenvalue weighted by Crippen LogP contribution is -2.17. The van der Waals surface area contributed by atoms with E-state index in [9.17, 15) is 0 Å². The molecule has 15 heavy (non-hydrogen) atoms. The second-order valence-electron chi connectivity index (χ2n) is 5.06. The zero-order chi connectivity index (χ0) is 11.1. The highest BCUT2D eigenvalue weighted by molar-refractivity contribution is 6.31. The molecule has 0 spiro atoms. The van der Waals surface area contributed by atoms with E-state index in [0.717, 1.165) is 23.6 Å². The topological polar surface area (TPSA) is 12.9 Å². The maximum absolute atomic E-state index is 6.03. The summed E-state index contributed by atoms with van der Waals surface area (Å²) in [6.45, 7) is 6.72. The van der Waals surface area contributed by atoms with Crippen LogP contribution in [0.1, 0.15) is 44.0 Å². The highest BCUT2D eigenvalue weighted by atomic mass is 35.5. The number of allylic oxidation sites excluding steroid dienone is 1. The lowest BCUT2D eigenvalue weighted by Gasteiger charge is -2.25. The lowest BCUT2D eigenvalue weighted by atomic mass is 9.81. The zero-order valence-electron chi connectivity index (χ0n) is 9.47. The van der Waals surface area contributed by atoms with Gasteiger partial charge in [0.1, 0.15) is 0 Å². The Morgan fingerprint density at radius 1 is 1.27 bits per heavy atom. The SMILES string of the molecule is CC(C)(C)c1ccnc2c1CCC(Cl)=C2. The fourth-order valence-electron chi connectivity index (χ4n) is 2.06.